The van der Waals surface area contributed by atoms with Gasteiger partial charge in [0.05, 0.1) is 17.6 Å². The van der Waals surface area contributed by atoms with Crippen LogP contribution in [0.15, 0.2) is 18.2 Å². The molecule has 0 aliphatic heterocycles. The minimum absolute atomic E-state index is 0.0416. The molecule has 6 nitrogen and oxygen atoms in total. The maximum absolute atomic E-state index is 11.1. The standard InChI is InChI=1S/C15H25N3O3/c1-5-17(11-15(3,4)10-16)12-7-13(18(19)20)9-14(8-12)21-6-2/h7-9H,5-6,10-11,16H2,1-4H3. The molecule has 0 spiro atoms. The number of ether oxygens (including phenoxy) is 1. The number of hydrogen-bond donors (Lipinski definition) is 1. The number of anilines is 1. The Kier molecular flexibility index (Phi) is 5.96. The Morgan fingerprint density at radius 1 is 1.33 bits per heavy atom. The molecule has 0 aliphatic carbocycles. The number of benzene rings is 1. The average molecular weight is 295 g/mol. The summed E-state index contributed by atoms with van der Waals surface area (Å²) in [6, 6.07) is 4.88. The van der Waals surface area contributed by atoms with Gasteiger partial charge in [0.15, 0.2) is 0 Å². The highest BCUT2D eigenvalue weighted by atomic mass is 16.6. The zero-order valence-corrected chi connectivity index (χ0v) is 13.3. The zero-order valence-electron chi connectivity index (χ0n) is 13.3. The highest BCUT2D eigenvalue weighted by Crippen LogP contribution is 2.30. The monoisotopic (exact) mass is 295 g/mol. The number of rotatable bonds is 8. The lowest BCUT2D eigenvalue weighted by molar-refractivity contribution is -0.384. The van der Waals surface area contributed by atoms with Crippen molar-refractivity contribution in [2.45, 2.75) is 27.7 Å². The quantitative estimate of drug-likeness (QED) is 0.589. The lowest BCUT2D eigenvalue weighted by Crippen LogP contribution is -2.38. The first-order valence-electron chi connectivity index (χ1n) is 7.20. The molecule has 1 rings (SSSR count). The molecule has 0 unspecified atom stereocenters. The minimum Gasteiger partial charge on any atom is -0.494 e. The van der Waals surface area contributed by atoms with Gasteiger partial charge in [-0.1, -0.05) is 13.8 Å². The summed E-state index contributed by atoms with van der Waals surface area (Å²) in [6.07, 6.45) is 0. The topological polar surface area (TPSA) is 81.6 Å². The fraction of sp³-hybridized carbons (Fsp3) is 0.600. The van der Waals surface area contributed by atoms with Crippen molar-refractivity contribution >= 4 is 11.4 Å². The summed E-state index contributed by atoms with van der Waals surface area (Å²) in [4.78, 5) is 12.8. The first-order valence-corrected chi connectivity index (χ1v) is 7.20. The van der Waals surface area contributed by atoms with Crippen molar-refractivity contribution in [2.75, 3.05) is 31.1 Å². The highest BCUT2D eigenvalue weighted by Gasteiger charge is 2.21. The third-order valence-corrected chi connectivity index (χ3v) is 3.32. The predicted molar refractivity (Wildman–Crippen MR) is 85.0 cm³/mol. The lowest BCUT2D eigenvalue weighted by atomic mass is 9.93. The van der Waals surface area contributed by atoms with E-state index >= 15 is 0 Å². The first-order chi connectivity index (χ1) is 9.82. The van der Waals surface area contributed by atoms with Crippen LogP contribution in [0.2, 0.25) is 0 Å². The molecule has 6 heteroatoms. The highest BCUT2D eigenvalue weighted by molar-refractivity contribution is 5.58. The number of non-ortho nitro benzene ring substituents is 1. The Bertz CT molecular complexity index is 489. The van der Waals surface area contributed by atoms with Crippen LogP contribution >= 0.6 is 0 Å². The summed E-state index contributed by atoms with van der Waals surface area (Å²) >= 11 is 0. The first kappa shape index (κ1) is 17.2. The molecule has 1 aromatic carbocycles. The summed E-state index contributed by atoms with van der Waals surface area (Å²) < 4.78 is 5.43. The molecule has 0 aliphatic rings. The van der Waals surface area contributed by atoms with Crippen LogP contribution in [-0.4, -0.2) is 31.2 Å². The van der Waals surface area contributed by atoms with Gasteiger partial charge in [-0.3, -0.25) is 10.1 Å². The number of nitrogens with two attached hydrogens (primary N) is 1. The van der Waals surface area contributed by atoms with Crippen molar-refractivity contribution < 1.29 is 9.66 Å². The Morgan fingerprint density at radius 3 is 2.48 bits per heavy atom. The molecule has 0 atom stereocenters. The normalized spacial score (nSPS) is 11.3. The van der Waals surface area contributed by atoms with Gasteiger partial charge < -0.3 is 15.4 Å². The third-order valence-electron chi connectivity index (χ3n) is 3.32. The van der Waals surface area contributed by atoms with Crippen LogP contribution < -0.4 is 15.4 Å². The SMILES string of the molecule is CCOc1cc(N(CC)CC(C)(C)CN)cc([N+](=O)[O-])c1. The number of hydrogen-bond acceptors (Lipinski definition) is 5. The lowest BCUT2D eigenvalue weighted by Gasteiger charge is -2.32. The Hall–Kier alpha value is -1.82. The van der Waals surface area contributed by atoms with Crippen LogP contribution in [0.25, 0.3) is 0 Å². The molecule has 2 N–H and O–H groups in total. The van der Waals surface area contributed by atoms with Crippen LogP contribution in [-0.2, 0) is 0 Å². The second-order valence-electron chi connectivity index (χ2n) is 5.76. The number of nitro benzene ring substituents is 1. The van der Waals surface area contributed by atoms with E-state index in [-0.39, 0.29) is 11.1 Å². The number of nitro groups is 1. The fourth-order valence-electron chi connectivity index (χ4n) is 2.07. The summed E-state index contributed by atoms with van der Waals surface area (Å²) in [5.74, 6) is 0.519. The molecule has 0 heterocycles. The summed E-state index contributed by atoms with van der Waals surface area (Å²) in [6.45, 7) is 10.5. The van der Waals surface area contributed by atoms with E-state index in [4.69, 9.17) is 10.5 Å². The molecule has 21 heavy (non-hydrogen) atoms. The van der Waals surface area contributed by atoms with Gasteiger partial charge in [-0.05, 0) is 25.8 Å². The summed E-state index contributed by atoms with van der Waals surface area (Å²) in [5, 5.41) is 11.1. The van der Waals surface area contributed by atoms with E-state index in [1.165, 1.54) is 6.07 Å². The van der Waals surface area contributed by atoms with Crippen molar-refractivity contribution in [2.24, 2.45) is 11.1 Å². The van der Waals surface area contributed by atoms with Gasteiger partial charge in [-0.2, -0.15) is 0 Å². The molecule has 0 amide bonds. The van der Waals surface area contributed by atoms with E-state index in [1.54, 1.807) is 6.07 Å². The molecule has 118 valence electrons. The van der Waals surface area contributed by atoms with Crippen LogP contribution in [0, 0.1) is 15.5 Å². The molecular formula is C15H25N3O3. The minimum atomic E-state index is -0.395. The van der Waals surface area contributed by atoms with Crippen molar-refractivity contribution in [3.8, 4) is 5.75 Å². The van der Waals surface area contributed by atoms with Crippen molar-refractivity contribution in [1.29, 1.82) is 0 Å². The molecule has 0 aromatic heterocycles. The third kappa shape index (κ3) is 4.90. The maximum Gasteiger partial charge on any atom is 0.275 e. The van der Waals surface area contributed by atoms with Crippen molar-refractivity contribution in [1.82, 2.24) is 0 Å². The number of nitrogens with zero attached hydrogens (tertiary/aromatic N) is 2. The van der Waals surface area contributed by atoms with Gasteiger partial charge in [0.1, 0.15) is 5.75 Å². The smallest absolute Gasteiger partial charge is 0.275 e. The predicted octanol–water partition coefficient (Wildman–Crippen LogP) is 2.80. The molecule has 0 bridgehead atoms. The van der Waals surface area contributed by atoms with Crippen LogP contribution in [0.4, 0.5) is 11.4 Å². The largest absolute Gasteiger partial charge is 0.494 e. The van der Waals surface area contributed by atoms with Crippen LogP contribution in [0.3, 0.4) is 0 Å². The second-order valence-corrected chi connectivity index (χ2v) is 5.76. The van der Waals surface area contributed by atoms with Crippen LogP contribution in [0.1, 0.15) is 27.7 Å². The van der Waals surface area contributed by atoms with E-state index in [2.05, 4.69) is 18.7 Å². The van der Waals surface area contributed by atoms with E-state index in [0.717, 1.165) is 18.8 Å². The summed E-state index contributed by atoms with van der Waals surface area (Å²) in [5.41, 5.74) is 6.55. The van der Waals surface area contributed by atoms with Gasteiger partial charge in [-0.25, -0.2) is 0 Å². The van der Waals surface area contributed by atoms with Crippen molar-refractivity contribution in [3.63, 3.8) is 0 Å². The molecule has 0 saturated carbocycles. The molecule has 0 radical (unpaired) electrons. The van der Waals surface area contributed by atoms with E-state index < -0.39 is 4.92 Å². The van der Waals surface area contributed by atoms with Crippen molar-refractivity contribution in [3.05, 3.63) is 28.3 Å². The maximum atomic E-state index is 11.1. The molecule has 0 saturated heterocycles. The van der Waals surface area contributed by atoms with E-state index in [1.807, 2.05) is 19.9 Å². The molecular weight excluding hydrogens is 270 g/mol. The average Bonchev–Trinajstić information content (AvgIpc) is 2.44. The van der Waals surface area contributed by atoms with Gasteiger partial charge in [0, 0.05) is 30.9 Å². The van der Waals surface area contributed by atoms with Gasteiger partial charge in [-0.15, -0.1) is 0 Å². The van der Waals surface area contributed by atoms with E-state index in [9.17, 15) is 10.1 Å². The van der Waals surface area contributed by atoms with Crippen LogP contribution in [0.5, 0.6) is 5.75 Å². The summed E-state index contributed by atoms with van der Waals surface area (Å²) in [7, 11) is 0. The van der Waals surface area contributed by atoms with E-state index in [0.29, 0.717) is 18.9 Å². The molecule has 0 fully saturated rings. The van der Waals surface area contributed by atoms with Gasteiger partial charge >= 0.3 is 0 Å². The second kappa shape index (κ2) is 7.26. The van der Waals surface area contributed by atoms with Gasteiger partial charge in [0.2, 0.25) is 0 Å². The Morgan fingerprint density at radius 2 is 2.00 bits per heavy atom. The Labute approximate surface area is 126 Å². The molecule has 1 aromatic rings. The fourth-order valence-corrected chi connectivity index (χ4v) is 2.07. The zero-order chi connectivity index (χ0) is 16.0. The Balaban J connectivity index is 3.15. The van der Waals surface area contributed by atoms with Gasteiger partial charge in [0.25, 0.3) is 5.69 Å².